The summed E-state index contributed by atoms with van der Waals surface area (Å²) in [5.74, 6) is 1.23. The summed E-state index contributed by atoms with van der Waals surface area (Å²) in [6.07, 6.45) is 1.63. The van der Waals surface area contributed by atoms with Gasteiger partial charge in [0.1, 0.15) is 5.75 Å². The highest BCUT2D eigenvalue weighted by Gasteiger charge is 2.02. The Morgan fingerprint density at radius 1 is 1.33 bits per heavy atom. The van der Waals surface area contributed by atoms with Gasteiger partial charge in [-0.1, -0.05) is 26.0 Å². The predicted octanol–water partition coefficient (Wildman–Crippen LogP) is 2.87. The first-order valence-electron chi connectivity index (χ1n) is 6.13. The van der Waals surface area contributed by atoms with E-state index in [0.29, 0.717) is 12.5 Å². The lowest BCUT2D eigenvalue weighted by atomic mass is 10.1. The standard InChI is InChI=1S/C15H21NO2/c1-11(2)10-16-15(17)9-12(3)13-5-7-14(18-4)8-6-13/h5-9,11H,10H2,1-4H3,(H,16,17)/b12-9+. The molecule has 0 atom stereocenters. The molecule has 1 rings (SSSR count). The molecule has 0 spiro atoms. The molecular weight excluding hydrogens is 226 g/mol. The van der Waals surface area contributed by atoms with E-state index >= 15 is 0 Å². The zero-order chi connectivity index (χ0) is 13.5. The van der Waals surface area contributed by atoms with Crippen LogP contribution in [0.1, 0.15) is 26.3 Å². The highest BCUT2D eigenvalue weighted by Crippen LogP contribution is 2.17. The minimum atomic E-state index is -0.0444. The van der Waals surface area contributed by atoms with Crippen molar-refractivity contribution in [2.24, 2.45) is 5.92 Å². The summed E-state index contributed by atoms with van der Waals surface area (Å²) in [5, 5.41) is 2.87. The van der Waals surface area contributed by atoms with E-state index in [0.717, 1.165) is 16.9 Å². The van der Waals surface area contributed by atoms with Crippen molar-refractivity contribution in [1.29, 1.82) is 0 Å². The van der Waals surface area contributed by atoms with Crippen molar-refractivity contribution in [3.05, 3.63) is 35.9 Å². The van der Waals surface area contributed by atoms with E-state index < -0.39 is 0 Å². The van der Waals surface area contributed by atoms with Crippen LogP contribution in [-0.2, 0) is 4.79 Å². The topological polar surface area (TPSA) is 38.3 Å². The lowest BCUT2D eigenvalue weighted by Gasteiger charge is -2.07. The number of carbonyl (C=O) groups is 1. The molecule has 0 saturated heterocycles. The Hall–Kier alpha value is -1.77. The molecule has 3 nitrogen and oxygen atoms in total. The van der Waals surface area contributed by atoms with Gasteiger partial charge in [-0.3, -0.25) is 4.79 Å². The van der Waals surface area contributed by atoms with E-state index in [-0.39, 0.29) is 5.91 Å². The first kappa shape index (κ1) is 14.3. The van der Waals surface area contributed by atoms with Crippen molar-refractivity contribution in [3.8, 4) is 5.75 Å². The highest BCUT2D eigenvalue weighted by atomic mass is 16.5. The van der Waals surface area contributed by atoms with Crippen LogP contribution in [-0.4, -0.2) is 19.6 Å². The number of benzene rings is 1. The number of allylic oxidation sites excluding steroid dienone is 1. The third-order valence-electron chi connectivity index (χ3n) is 2.58. The summed E-state index contributed by atoms with van der Waals surface area (Å²) < 4.78 is 5.10. The van der Waals surface area contributed by atoms with Crippen molar-refractivity contribution >= 4 is 11.5 Å². The molecule has 98 valence electrons. The molecule has 3 heteroatoms. The molecule has 0 aromatic heterocycles. The number of hydrogen-bond acceptors (Lipinski definition) is 2. The van der Waals surface area contributed by atoms with Gasteiger partial charge in [0, 0.05) is 12.6 Å². The maximum Gasteiger partial charge on any atom is 0.244 e. The van der Waals surface area contributed by atoms with Crippen LogP contribution in [0.15, 0.2) is 30.3 Å². The Morgan fingerprint density at radius 2 is 1.94 bits per heavy atom. The van der Waals surface area contributed by atoms with Crippen LogP contribution < -0.4 is 10.1 Å². The number of carbonyl (C=O) groups excluding carboxylic acids is 1. The Labute approximate surface area is 109 Å². The summed E-state index contributed by atoms with van der Waals surface area (Å²) in [6.45, 7) is 6.77. The second-order valence-electron chi connectivity index (χ2n) is 4.69. The molecular formula is C15H21NO2. The van der Waals surface area contributed by atoms with Crippen molar-refractivity contribution in [2.75, 3.05) is 13.7 Å². The average molecular weight is 247 g/mol. The second-order valence-corrected chi connectivity index (χ2v) is 4.69. The van der Waals surface area contributed by atoms with Gasteiger partial charge in [0.05, 0.1) is 7.11 Å². The highest BCUT2D eigenvalue weighted by molar-refractivity contribution is 5.94. The maximum atomic E-state index is 11.6. The fourth-order valence-electron chi connectivity index (χ4n) is 1.49. The quantitative estimate of drug-likeness (QED) is 0.812. The SMILES string of the molecule is COc1ccc(/C(C)=C/C(=O)NCC(C)C)cc1. The van der Waals surface area contributed by atoms with Gasteiger partial charge >= 0.3 is 0 Å². The lowest BCUT2D eigenvalue weighted by molar-refractivity contribution is -0.116. The van der Waals surface area contributed by atoms with Crippen LogP contribution >= 0.6 is 0 Å². The molecule has 0 aliphatic rings. The van der Waals surface area contributed by atoms with E-state index in [1.807, 2.05) is 31.2 Å². The average Bonchev–Trinajstić information content (AvgIpc) is 2.36. The Morgan fingerprint density at radius 3 is 2.44 bits per heavy atom. The Kier molecular flexibility index (Phi) is 5.43. The summed E-state index contributed by atoms with van der Waals surface area (Å²) in [7, 11) is 1.64. The van der Waals surface area contributed by atoms with Crippen LogP contribution in [0.2, 0.25) is 0 Å². The number of rotatable bonds is 5. The molecule has 18 heavy (non-hydrogen) atoms. The largest absolute Gasteiger partial charge is 0.497 e. The Balaban J connectivity index is 2.66. The van der Waals surface area contributed by atoms with Crippen molar-refractivity contribution in [3.63, 3.8) is 0 Å². The maximum absolute atomic E-state index is 11.6. The molecule has 1 aromatic carbocycles. The van der Waals surface area contributed by atoms with Gasteiger partial charge in [-0.05, 0) is 36.1 Å². The van der Waals surface area contributed by atoms with Crippen molar-refractivity contribution in [1.82, 2.24) is 5.32 Å². The molecule has 0 aliphatic heterocycles. The molecule has 0 unspecified atom stereocenters. The predicted molar refractivity (Wildman–Crippen MR) is 74.5 cm³/mol. The summed E-state index contributed by atoms with van der Waals surface area (Å²) in [4.78, 5) is 11.6. The van der Waals surface area contributed by atoms with E-state index in [1.54, 1.807) is 13.2 Å². The first-order valence-corrected chi connectivity index (χ1v) is 6.13. The van der Waals surface area contributed by atoms with Gasteiger partial charge in [0.15, 0.2) is 0 Å². The Bertz CT molecular complexity index is 419. The van der Waals surface area contributed by atoms with E-state index in [4.69, 9.17) is 4.74 Å². The molecule has 1 aromatic rings. The van der Waals surface area contributed by atoms with Gasteiger partial charge in [0.2, 0.25) is 5.91 Å². The number of methoxy groups -OCH3 is 1. The van der Waals surface area contributed by atoms with Gasteiger partial charge in [0.25, 0.3) is 0 Å². The molecule has 0 saturated carbocycles. The first-order chi connectivity index (χ1) is 8.52. The van der Waals surface area contributed by atoms with Gasteiger partial charge < -0.3 is 10.1 Å². The number of hydrogen-bond donors (Lipinski definition) is 1. The van der Waals surface area contributed by atoms with E-state index in [2.05, 4.69) is 19.2 Å². The van der Waals surface area contributed by atoms with Crippen LogP contribution in [0.5, 0.6) is 5.75 Å². The van der Waals surface area contributed by atoms with Crippen LogP contribution in [0.25, 0.3) is 5.57 Å². The smallest absolute Gasteiger partial charge is 0.244 e. The van der Waals surface area contributed by atoms with Crippen molar-refractivity contribution in [2.45, 2.75) is 20.8 Å². The molecule has 1 amide bonds. The summed E-state index contributed by atoms with van der Waals surface area (Å²) in [5.41, 5.74) is 1.97. The van der Waals surface area contributed by atoms with E-state index in [1.165, 1.54) is 0 Å². The number of ether oxygens (including phenoxy) is 1. The van der Waals surface area contributed by atoms with Gasteiger partial charge in [-0.2, -0.15) is 0 Å². The summed E-state index contributed by atoms with van der Waals surface area (Å²) in [6, 6.07) is 7.66. The minimum absolute atomic E-state index is 0.0444. The molecule has 0 fully saturated rings. The zero-order valence-electron chi connectivity index (χ0n) is 11.5. The molecule has 0 aliphatic carbocycles. The zero-order valence-corrected chi connectivity index (χ0v) is 11.5. The molecule has 0 heterocycles. The monoisotopic (exact) mass is 247 g/mol. The van der Waals surface area contributed by atoms with Crippen LogP contribution in [0.4, 0.5) is 0 Å². The fourth-order valence-corrected chi connectivity index (χ4v) is 1.49. The summed E-state index contributed by atoms with van der Waals surface area (Å²) >= 11 is 0. The van der Waals surface area contributed by atoms with Crippen molar-refractivity contribution < 1.29 is 9.53 Å². The fraction of sp³-hybridized carbons (Fsp3) is 0.400. The number of amides is 1. The molecule has 1 N–H and O–H groups in total. The van der Waals surface area contributed by atoms with Crippen LogP contribution in [0, 0.1) is 5.92 Å². The van der Waals surface area contributed by atoms with Crippen LogP contribution in [0.3, 0.4) is 0 Å². The minimum Gasteiger partial charge on any atom is -0.497 e. The third-order valence-corrected chi connectivity index (χ3v) is 2.58. The molecule has 0 bridgehead atoms. The third kappa shape index (κ3) is 4.62. The molecule has 0 radical (unpaired) electrons. The normalized spacial score (nSPS) is 11.5. The van der Waals surface area contributed by atoms with E-state index in [9.17, 15) is 4.79 Å². The number of nitrogens with one attached hydrogen (secondary N) is 1. The second kappa shape index (κ2) is 6.84. The van der Waals surface area contributed by atoms with Gasteiger partial charge in [-0.25, -0.2) is 0 Å². The van der Waals surface area contributed by atoms with Gasteiger partial charge in [-0.15, -0.1) is 0 Å². The lowest BCUT2D eigenvalue weighted by Crippen LogP contribution is -2.25.